The van der Waals surface area contributed by atoms with Crippen molar-refractivity contribution >= 4 is 5.71 Å². The topological polar surface area (TPSA) is 41.8 Å². The second-order valence-corrected chi connectivity index (χ2v) is 4.10. The quantitative estimate of drug-likeness (QED) is 0.843. The number of rotatable bonds is 4. The molecular formula is C13H17NO2. The smallest absolute Gasteiger partial charge is 0.138 e. The van der Waals surface area contributed by atoms with E-state index in [1.165, 1.54) is 0 Å². The summed E-state index contributed by atoms with van der Waals surface area (Å²) in [7, 11) is 0. The van der Waals surface area contributed by atoms with Gasteiger partial charge in [-0.15, -0.1) is 0 Å². The molecule has 0 unspecified atom stereocenters. The Balaban J connectivity index is 2.02. The van der Waals surface area contributed by atoms with Crippen LogP contribution in [0.25, 0.3) is 0 Å². The summed E-state index contributed by atoms with van der Waals surface area (Å²) in [4.78, 5) is 5.39. The van der Waals surface area contributed by atoms with Crippen molar-refractivity contribution in [2.45, 2.75) is 25.9 Å². The van der Waals surface area contributed by atoms with Gasteiger partial charge in [0.1, 0.15) is 6.10 Å². The molecule has 1 aliphatic rings. The minimum absolute atomic E-state index is 0.0326. The molecule has 0 aromatic heterocycles. The van der Waals surface area contributed by atoms with Crippen molar-refractivity contribution in [2.75, 3.05) is 6.61 Å². The van der Waals surface area contributed by atoms with Gasteiger partial charge in [0.2, 0.25) is 0 Å². The summed E-state index contributed by atoms with van der Waals surface area (Å²) in [6.07, 6.45) is 1.74. The van der Waals surface area contributed by atoms with E-state index >= 15 is 0 Å². The molecule has 1 heterocycles. The molecule has 0 amide bonds. The Morgan fingerprint density at radius 3 is 2.81 bits per heavy atom. The van der Waals surface area contributed by atoms with Crippen LogP contribution in [0, 0.1) is 5.92 Å². The van der Waals surface area contributed by atoms with E-state index in [1.54, 1.807) is 0 Å². The van der Waals surface area contributed by atoms with E-state index in [0.29, 0.717) is 0 Å². The number of nitrogens with zero attached hydrogens (tertiary/aromatic N) is 1. The van der Waals surface area contributed by atoms with E-state index in [1.807, 2.05) is 30.3 Å². The molecule has 0 spiro atoms. The summed E-state index contributed by atoms with van der Waals surface area (Å²) in [5, 5.41) is 13.3. The lowest BCUT2D eigenvalue weighted by Crippen LogP contribution is -2.23. The average molecular weight is 219 g/mol. The van der Waals surface area contributed by atoms with Crippen LogP contribution in [0.15, 0.2) is 35.5 Å². The summed E-state index contributed by atoms with van der Waals surface area (Å²) in [6.45, 7) is 2.23. The summed E-state index contributed by atoms with van der Waals surface area (Å²) in [5.41, 5.74) is 2.09. The highest BCUT2D eigenvalue weighted by molar-refractivity contribution is 6.01. The molecule has 0 saturated heterocycles. The second-order valence-electron chi connectivity index (χ2n) is 4.10. The van der Waals surface area contributed by atoms with E-state index in [-0.39, 0.29) is 18.6 Å². The molecule has 1 N–H and O–H groups in total. The van der Waals surface area contributed by atoms with Crippen LogP contribution in [0.5, 0.6) is 0 Å². The highest BCUT2D eigenvalue weighted by atomic mass is 16.6. The molecule has 0 fully saturated rings. The van der Waals surface area contributed by atoms with Gasteiger partial charge >= 0.3 is 0 Å². The van der Waals surface area contributed by atoms with Gasteiger partial charge in [-0.25, -0.2) is 0 Å². The van der Waals surface area contributed by atoms with E-state index in [9.17, 15) is 5.11 Å². The first kappa shape index (κ1) is 11.1. The zero-order chi connectivity index (χ0) is 11.4. The van der Waals surface area contributed by atoms with Crippen LogP contribution < -0.4 is 0 Å². The van der Waals surface area contributed by atoms with E-state index in [4.69, 9.17) is 4.84 Å². The highest BCUT2D eigenvalue weighted by Gasteiger charge is 2.28. The summed E-state index contributed by atoms with van der Waals surface area (Å²) < 4.78 is 0. The first-order valence-electron chi connectivity index (χ1n) is 5.74. The standard InChI is InChI=1S/C13H17NO2/c1-2-10(9-15)13-8-12(14-16-13)11-6-4-3-5-7-11/h3-7,10,13,15H,2,8-9H2,1H3/t10-,13-/m0/s1. The molecule has 3 heteroatoms. The van der Waals surface area contributed by atoms with Gasteiger partial charge in [-0.3, -0.25) is 0 Å². The van der Waals surface area contributed by atoms with Gasteiger partial charge in [-0.2, -0.15) is 0 Å². The van der Waals surface area contributed by atoms with Crippen LogP contribution in [-0.4, -0.2) is 23.5 Å². The van der Waals surface area contributed by atoms with Crippen molar-refractivity contribution < 1.29 is 9.94 Å². The van der Waals surface area contributed by atoms with Gasteiger partial charge in [0.05, 0.1) is 5.71 Å². The lowest BCUT2D eigenvalue weighted by Gasteiger charge is -2.17. The minimum Gasteiger partial charge on any atom is -0.396 e. The van der Waals surface area contributed by atoms with Gasteiger partial charge in [-0.1, -0.05) is 42.4 Å². The Kier molecular flexibility index (Phi) is 3.57. The maximum absolute atomic E-state index is 9.21. The number of aliphatic hydroxyl groups excluding tert-OH is 1. The number of benzene rings is 1. The number of hydrogen-bond donors (Lipinski definition) is 1. The van der Waals surface area contributed by atoms with Crippen LogP contribution in [0.2, 0.25) is 0 Å². The number of oxime groups is 1. The first-order chi connectivity index (χ1) is 7.85. The van der Waals surface area contributed by atoms with Crippen molar-refractivity contribution in [2.24, 2.45) is 11.1 Å². The SMILES string of the molecule is CC[C@@H](CO)[C@@H]1CC(c2ccccc2)=NO1. The first-order valence-corrected chi connectivity index (χ1v) is 5.74. The number of aliphatic hydroxyl groups is 1. The molecule has 2 atom stereocenters. The molecule has 2 rings (SSSR count). The maximum atomic E-state index is 9.21. The fourth-order valence-electron chi connectivity index (χ4n) is 1.96. The Hall–Kier alpha value is -1.35. The van der Waals surface area contributed by atoms with Crippen LogP contribution in [0.1, 0.15) is 25.3 Å². The predicted octanol–water partition coefficient (Wildman–Crippen LogP) is 2.20. The van der Waals surface area contributed by atoms with Gasteiger partial charge < -0.3 is 9.94 Å². The van der Waals surface area contributed by atoms with Gasteiger partial charge in [0.25, 0.3) is 0 Å². The van der Waals surface area contributed by atoms with Crippen molar-refractivity contribution in [3.63, 3.8) is 0 Å². The maximum Gasteiger partial charge on any atom is 0.138 e. The van der Waals surface area contributed by atoms with Crippen LogP contribution in [-0.2, 0) is 4.84 Å². The van der Waals surface area contributed by atoms with Crippen LogP contribution in [0.3, 0.4) is 0 Å². The molecule has 1 aromatic rings. The molecule has 0 radical (unpaired) electrons. The zero-order valence-electron chi connectivity index (χ0n) is 9.47. The third-order valence-electron chi connectivity index (χ3n) is 3.08. The van der Waals surface area contributed by atoms with E-state index in [0.717, 1.165) is 24.1 Å². The summed E-state index contributed by atoms with van der Waals surface area (Å²) in [6, 6.07) is 10.0. The second kappa shape index (κ2) is 5.12. The van der Waals surface area contributed by atoms with Gasteiger partial charge in [-0.05, 0) is 12.0 Å². The molecular weight excluding hydrogens is 202 g/mol. The van der Waals surface area contributed by atoms with Crippen molar-refractivity contribution in [3.05, 3.63) is 35.9 Å². The molecule has 1 aromatic carbocycles. The molecule has 86 valence electrons. The third kappa shape index (κ3) is 2.25. The normalized spacial score (nSPS) is 21.4. The summed E-state index contributed by atoms with van der Waals surface area (Å²) >= 11 is 0. The molecule has 0 aliphatic carbocycles. The Bertz CT molecular complexity index is 357. The lowest BCUT2D eigenvalue weighted by molar-refractivity contribution is 0.0164. The monoisotopic (exact) mass is 219 g/mol. The van der Waals surface area contributed by atoms with Crippen LogP contribution in [0.4, 0.5) is 0 Å². The fraction of sp³-hybridized carbons (Fsp3) is 0.462. The average Bonchev–Trinajstić information content (AvgIpc) is 2.81. The van der Waals surface area contributed by atoms with Gasteiger partial charge in [0.15, 0.2) is 0 Å². The van der Waals surface area contributed by atoms with E-state index in [2.05, 4.69) is 12.1 Å². The molecule has 1 aliphatic heterocycles. The Labute approximate surface area is 95.7 Å². The zero-order valence-corrected chi connectivity index (χ0v) is 9.47. The molecule has 3 nitrogen and oxygen atoms in total. The minimum atomic E-state index is 0.0326. The van der Waals surface area contributed by atoms with Crippen molar-refractivity contribution in [3.8, 4) is 0 Å². The largest absolute Gasteiger partial charge is 0.396 e. The van der Waals surface area contributed by atoms with Gasteiger partial charge in [0, 0.05) is 18.9 Å². The third-order valence-corrected chi connectivity index (χ3v) is 3.08. The molecule has 16 heavy (non-hydrogen) atoms. The fourth-order valence-corrected chi connectivity index (χ4v) is 1.96. The van der Waals surface area contributed by atoms with Crippen molar-refractivity contribution in [1.29, 1.82) is 0 Å². The number of hydrogen-bond acceptors (Lipinski definition) is 3. The Morgan fingerprint density at radius 2 is 2.19 bits per heavy atom. The van der Waals surface area contributed by atoms with Crippen molar-refractivity contribution in [1.82, 2.24) is 0 Å². The predicted molar refractivity (Wildman–Crippen MR) is 63.3 cm³/mol. The summed E-state index contributed by atoms with van der Waals surface area (Å²) in [5.74, 6) is 0.185. The Morgan fingerprint density at radius 1 is 1.44 bits per heavy atom. The highest BCUT2D eigenvalue weighted by Crippen LogP contribution is 2.23. The lowest BCUT2D eigenvalue weighted by atomic mass is 9.94. The van der Waals surface area contributed by atoms with Crippen LogP contribution >= 0.6 is 0 Å². The molecule has 0 saturated carbocycles. The van der Waals surface area contributed by atoms with E-state index < -0.39 is 0 Å². The molecule has 0 bridgehead atoms.